The topological polar surface area (TPSA) is 34.0 Å². The van der Waals surface area contributed by atoms with Crippen molar-refractivity contribution in [2.24, 2.45) is 0 Å². The molecule has 4 aromatic rings. The molecule has 2 aliphatic rings. The van der Waals surface area contributed by atoms with E-state index in [1.165, 1.54) is 45.5 Å². The molecule has 4 heterocycles. The van der Waals surface area contributed by atoms with E-state index in [9.17, 15) is 0 Å². The molecule has 4 nitrogen and oxygen atoms in total. The third-order valence-electron chi connectivity index (χ3n) is 6.70. The Hall–Kier alpha value is -2.15. The van der Waals surface area contributed by atoms with E-state index in [2.05, 4.69) is 72.9 Å². The van der Waals surface area contributed by atoms with Crippen molar-refractivity contribution in [3.05, 3.63) is 64.6 Å². The first-order valence-corrected chi connectivity index (χ1v) is 13.1. The van der Waals surface area contributed by atoms with Crippen molar-refractivity contribution >= 4 is 33.9 Å². The summed E-state index contributed by atoms with van der Waals surface area (Å²) in [4.78, 5) is 3.99. The molecule has 0 spiro atoms. The van der Waals surface area contributed by atoms with E-state index in [1.807, 2.05) is 11.8 Å². The zero-order valence-corrected chi connectivity index (χ0v) is 19.2. The lowest BCUT2D eigenvalue weighted by molar-refractivity contribution is 0.210. The van der Waals surface area contributed by atoms with Crippen LogP contribution in [0, 0.1) is 0 Å². The summed E-state index contributed by atoms with van der Waals surface area (Å²) < 4.78 is 2.40. The maximum atomic E-state index is 4.68. The Bertz CT molecular complexity index is 1200. The Kier molecular flexibility index (Phi) is 5.30. The van der Waals surface area contributed by atoms with Gasteiger partial charge in [0.1, 0.15) is 5.82 Å². The number of aromatic nitrogens is 3. The summed E-state index contributed by atoms with van der Waals surface area (Å²) in [5.74, 6) is 3.92. The molecule has 0 radical (unpaired) electrons. The fourth-order valence-electron chi connectivity index (χ4n) is 4.94. The van der Waals surface area contributed by atoms with Crippen LogP contribution < -0.4 is 0 Å². The summed E-state index contributed by atoms with van der Waals surface area (Å²) in [5.41, 5.74) is 2.71. The number of likely N-dealkylation sites (tertiary alicyclic amines) is 1. The number of thiophene rings is 1. The van der Waals surface area contributed by atoms with Gasteiger partial charge in [-0.3, -0.25) is 0 Å². The lowest BCUT2D eigenvalue weighted by Gasteiger charge is -2.31. The van der Waals surface area contributed by atoms with E-state index in [-0.39, 0.29) is 0 Å². The minimum atomic E-state index is 0.531. The van der Waals surface area contributed by atoms with Gasteiger partial charge in [-0.15, -0.1) is 22.0 Å². The third-order valence-corrected chi connectivity index (χ3v) is 8.63. The van der Waals surface area contributed by atoms with Gasteiger partial charge in [0, 0.05) is 46.0 Å². The van der Waals surface area contributed by atoms with E-state index < -0.39 is 0 Å². The van der Waals surface area contributed by atoms with Crippen LogP contribution in [0.5, 0.6) is 0 Å². The summed E-state index contributed by atoms with van der Waals surface area (Å²) in [6, 6.07) is 15.5. The molecule has 158 valence electrons. The van der Waals surface area contributed by atoms with Gasteiger partial charge in [0.2, 0.25) is 0 Å². The molecule has 0 bridgehead atoms. The van der Waals surface area contributed by atoms with E-state index in [0.29, 0.717) is 5.92 Å². The predicted molar refractivity (Wildman–Crippen MR) is 130 cm³/mol. The quantitative estimate of drug-likeness (QED) is 0.403. The first kappa shape index (κ1) is 19.5. The van der Waals surface area contributed by atoms with Crippen LogP contribution >= 0.6 is 23.1 Å². The van der Waals surface area contributed by atoms with Crippen molar-refractivity contribution < 1.29 is 0 Å². The van der Waals surface area contributed by atoms with Gasteiger partial charge in [0.15, 0.2) is 5.82 Å². The Morgan fingerprint density at radius 3 is 2.71 bits per heavy atom. The normalized spacial score (nSPS) is 17.4. The second kappa shape index (κ2) is 8.41. The predicted octanol–water partition coefficient (Wildman–Crippen LogP) is 5.69. The van der Waals surface area contributed by atoms with Crippen LogP contribution in [-0.2, 0) is 13.0 Å². The van der Waals surface area contributed by atoms with Crippen LogP contribution in [0.2, 0.25) is 0 Å². The molecular formula is C25H26N4S2. The van der Waals surface area contributed by atoms with Gasteiger partial charge in [-0.2, -0.15) is 11.3 Å². The number of fused-ring (bicyclic) bond motifs is 4. The highest BCUT2D eigenvalue weighted by atomic mass is 32.2. The summed E-state index contributed by atoms with van der Waals surface area (Å²) in [5, 5.41) is 16.4. The SMILES string of the molecule is c1ccc2cc(CCN3CCC(c4nnc5n4CCSc4cscc4-5)CC3)ccc2c1. The highest BCUT2D eigenvalue weighted by molar-refractivity contribution is 7.99. The largest absolute Gasteiger partial charge is 0.310 e. The van der Waals surface area contributed by atoms with Gasteiger partial charge in [-0.25, -0.2) is 0 Å². The summed E-state index contributed by atoms with van der Waals surface area (Å²) in [6.45, 7) is 4.46. The van der Waals surface area contributed by atoms with Gasteiger partial charge in [-0.05, 0) is 48.7 Å². The number of rotatable bonds is 4. The Morgan fingerprint density at radius 2 is 1.81 bits per heavy atom. The second-order valence-electron chi connectivity index (χ2n) is 8.58. The highest BCUT2D eigenvalue weighted by Crippen LogP contribution is 2.38. The lowest BCUT2D eigenvalue weighted by Crippen LogP contribution is -2.35. The molecular weight excluding hydrogens is 420 g/mol. The number of hydrogen-bond acceptors (Lipinski definition) is 5. The van der Waals surface area contributed by atoms with Gasteiger partial charge < -0.3 is 9.47 Å². The number of nitrogens with zero attached hydrogens (tertiary/aromatic N) is 4. The summed E-state index contributed by atoms with van der Waals surface area (Å²) >= 11 is 3.72. The summed E-state index contributed by atoms with van der Waals surface area (Å²) in [6.07, 6.45) is 3.48. The molecule has 31 heavy (non-hydrogen) atoms. The monoisotopic (exact) mass is 446 g/mol. The van der Waals surface area contributed by atoms with E-state index in [1.54, 1.807) is 11.3 Å². The maximum absolute atomic E-state index is 4.68. The van der Waals surface area contributed by atoms with Crippen molar-refractivity contribution in [1.82, 2.24) is 19.7 Å². The summed E-state index contributed by atoms with van der Waals surface area (Å²) in [7, 11) is 0. The molecule has 2 aliphatic heterocycles. The molecule has 0 unspecified atom stereocenters. The fourth-order valence-corrected chi connectivity index (χ4v) is 6.94. The Labute approximate surface area is 191 Å². The molecule has 0 atom stereocenters. The van der Waals surface area contributed by atoms with Crippen LogP contribution in [0.25, 0.3) is 22.2 Å². The molecule has 0 amide bonds. The Balaban J connectivity index is 1.10. The molecule has 0 aliphatic carbocycles. The van der Waals surface area contributed by atoms with Gasteiger partial charge in [0.25, 0.3) is 0 Å². The van der Waals surface area contributed by atoms with Gasteiger partial charge in [0.05, 0.1) is 0 Å². The molecule has 1 fully saturated rings. The zero-order chi connectivity index (χ0) is 20.6. The molecule has 6 heteroatoms. The van der Waals surface area contributed by atoms with Crippen LogP contribution in [-0.4, -0.2) is 45.1 Å². The number of hydrogen-bond donors (Lipinski definition) is 0. The highest BCUT2D eigenvalue weighted by Gasteiger charge is 2.28. The standard InChI is InChI=1S/C25H26N4S2/c1-2-4-21-15-18(5-6-19(21)3-1)7-10-28-11-8-20(9-12-28)24-26-27-25-22-16-30-17-23(22)31-14-13-29(24)25/h1-6,15-17,20H,7-14H2. The molecule has 0 saturated carbocycles. The molecule has 1 saturated heterocycles. The fraction of sp³-hybridized carbons (Fsp3) is 0.360. The van der Waals surface area contributed by atoms with Crippen LogP contribution in [0.3, 0.4) is 0 Å². The second-order valence-corrected chi connectivity index (χ2v) is 10.5. The smallest absolute Gasteiger partial charge is 0.165 e. The minimum Gasteiger partial charge on any atom is -0.310 e. The number of piperidine rings is 1. The molecule has 6 rings (SSSR count). The third kappa shape index (κ3) is 3.81. The van der Waals surface area contributed by atoms with E-state index in [4.69, 9.17) is 0 Å². The number of benzene rings is 2. The van der Waals surface area contributed by atoms with Crippen molar-refractivity contribution in [1.29, 1.82) is 0 Å². The van der Waals surface area contributed by atoms with Gasteiger partial charge >= 0.3 is 0 Å². The van der Waals surface area contributed by atoms with Crippen LogP contribution in [0.4, 0.5) is 0 Å². The van der Waals surface area contributed by atoms with E-state index >= 15 is 0 Å². The van der Waals surface area contributed by atoms with E-state index in [0.717, 1.165) is 44.2 Å². The van der Waals surface area contributed by atoms with Crippen molar-refractivity contribution in [2.75, 3.05) is 25.4 Å². The van der Waals surface area contributed by atoms with Crippen LogP contribution in [0.1, 0.15) is 30.1 Å². The first-order valence-electron chi connectivity index (χ1n) is 11.2. The average molecular weight is 447 g/mol. The zero-order valence-electron chi connectivity index (χ0n) is 17.5. The lowest BCUT2D eigenvalue weighted by atomic mass is 9.95. The molecule has 2 aromatic heterocycles. The van der Waals surface area contributed by atoms with Crippen molar-refractivity contribution in [3.63, 3.8) is 0 Å². The van der Waals surface area contributed by atoms with Crippen LogP contribution in [0.15, 0.2) is 58.1 Å². The molecule has 0 N–H and O–H groups in total. The maximum Gasteiger partial charge on any atom is 0.165 e. The van der Waals surface area contributed by atoms with Gasteiger partial charge in [-0.1, -0.05) is 42.5 Å². The van der Waals surface area contributed by atoms with Crippen molar-refractivity contribution in [2.45, 2.75) is 36.6 Å². The molecule has 2 aromatic carbocycles. The minimum absolute atomic E-state index is 0.531. The first-order chi connectivity index (χ1) is 15.3. The Morgan fingerprint density at radius 1 is 0.935 bits per heavy atom. The average Bonchev–Trinajstić information content (AvgIpc) is 3.41. The number of thioether (sulfide) groups is 1. The van der Waals surface area contributed by atoms with Crippen molar-refractivity contribution in [3.8, 4) is 11.4 Å².